The predicted molar refractivity (Wildman–Crippen MR) is 33.1 cm³/mol. The molecule has 0 aliphatic carbocycles. The summed E-state index contributed by atoms with van der Waals surface area (Å²) in [6.07, 6.45) is -0.713. The van der Waals surface area contributed by atoms with Gasteiger partial charge in [0.15, 0.2) is 6.61 Å². The zero-order valence-corrected chi connectivity index (χ0v) is 5.62. The summed E-state index contributed by atoms with van der Waals surface area (Å²) in [6, 6.07) is 0. The Labute approximate surface area is 57.2 Å². The Hall–Kier alpha value is -0.0300. The highest BCUT2D eigenvalue weighted by Gasteiger charge is 2.34. The predicted octanol–water partition coefficient (Wildman–Crippen LogP) is 0.667. The van der Waals surface area contributed by atoms with Crippen molar-refractivity contribution in [2.24, 2.45) is 0 Å². The second kappa shape index (κ2) is 1.73. The van der Waals surface area contributed by atoms with Gasteiger partial charge in [-0.05, 0) is 0 Å². The van der Waals surface area contributed by atoms with Gasteiger partial charge in [-0.1, -0.05) is 0 Å². The molecule has 5 heteroatoms. The number of hydrogen-bond acceptors (Lipinski definition) is 5. The van der Waals surface area contributed by atoms with E-state index in [0.717, 1.165) is 0 Å². The highest BCUT2D eigenvalue weighted by atomic mass is 32.2. The van der Waals surface area contributed by atoms with E-state index in [1.54, 1.807) is 0 Å². The molecule has 0 aromatic heterocycles. The number of rotatable bonds is 0. The van der Waals surface area contributed by atoms with E-state index in [0.29, 0.717) is 0 Å². The fourth-order valence-electron chi connectivity index (χ4n) is 0.345. The number of thiol groups is 2. The highest BCUT2D eigenvalue weighted by molar-refractivity contribution is 8.00. The molecule has 1 aliphatic rings. The Morgan fingerprint density at radius 2 is 2.25 bits per heavy atom. The van der Waals surface area contributed by atoms with Gasteiger partial charge in [0.1, 0.15) is 0 Å². The second-order valence-corrected chi connectivity index (χ2v) is 3.18. The number of carbonyl (C=O) groups is 1. The first-order valence-corrected chi connectivity index (χ1v) is 2.80. The quantitative estimate of drug-likeness (QED) is 0.304. The minimum atomic E-state index is -1.02. The molecule has 1 rings (SSSR count). The van der Waals surface area contributed by atoms with Crippen LogP contribution < -0.4 is 0 Å². The zero-order chi connectivity index (χ0) is 6.20. The fourth-order valence-corrected chi connectivity index (χ4v) is 0.623. The van der Waals surface area contributed by atoms with Gasteiger partial charge in [-0.3, -0.25) is 0 Å². The van der Waals surface area contributed by atoms with E-state index in [1.807, 2.05) is 0 Å². The number of ether oxygens (including phenoxy) is 2. The van der Waals surface area contributed by atoms with Crippen molar-refractivity contribution in [1.29, 1.82) is 0 Å². The van der Waals surface area contributed by atoms with Crippen LogP contribution in [-0.4, -0.2) is 17.0 Å². The normalized spacial score (nSPS) is 24.5. The lowest BCUT2D eigenvalue weighted by Gasteiger charge is -2.07. The molecular weight excluding hydrogens is 148 g/mol. The van der Waals surface area contributed by atoms with Crippen molar-refractivity contribution < 1.29 is 14.3 Å². The minimum absolute atomic E-state index is 0.0953. The lowest BCUT2D eigenvalue weighted by Crippen LogP contribution is -2.14. The van der Waals surface area contributed by atoms with Crippen LogP contribution in [0.3, 0.4) is 0 Å². The Morgan fingerprint density at radius 1 is 1.62 bits per heavy atom. The first kappa shape index (κ1) is 6.10. The van der Waals surface area contributed by atoms with E-state index in [1.165, 1.54) is 0 Å². The van der Waals surface area contributed by atoms with Gasteiger partial charge < -0.3 is 9.47 Å². The molecule has 0 atom stereocenters. The summed E-state index contributed by atoms with van der Waals surface area (Å²) in [5, 5.41) is 0. The SMILES string of the molecule is O=C1OCC(S)(S)O1. The Kier molecular flexibility index (Phi) is 1.32. The van der Waals surface area contributed by atoms with E-state index in [4.69, 9.17) is 0 Å². The Balaban J connectivity index is 2.56. The maximum atomic E-state index is 10.1. The van der Waals surface area contributed by atoms with Gasteiger partial charge in [0.25, 0.3) is 0 Å². The van der Waals surface area contributed by atoms with Gasteiger partial charge >= 0.3 is 6.16 Å². The lowest BCUT2D eigenvalue weighted by atomic mass is 10.8. The summed E-state index contributed by atoms with van der Waals surface area (Å²) >= 11 is 7.61. The van der Waals surface area contributed by atoms with Gasteiger partial charge in [-0.2, -0.15) is 0 Å². The maximum absolute atomic E-state index is 10.1. The third-order valence-corrected chi connectivity index (χ3v) is 1.07. The molecule has 1 saturated heterocycles. The Bertz CT molecular complexity index is 122. The average molecular weight is 152 g/mol. The molecule has 0 N–H and O–H groups in total. The van der Waals surface area contributed by atoms with Crippen molar-refractivity contribution in [2.75, 3.05) is 6.61 Å². The van der Waals surface area contributed by atoms with Crippen LogP contribution in [0.4, 0.5) is 4.79 Å². The van der Waals surface area contributed by atoms with Crippen molar-refractivity contribution in [3.63, 3.8) is 0 Å². The van der Waals surface area contributed by atoms with Crippen molar-refractivity contribution in [2.45, 2.75) is 4.27 Å². The highest BCUT2D eigenvalue weighted by Crippen LogP contribution is 2.27. The van der Waals surface area contributed by atoms with Gasteiger partial charge in [0, 0.05) is 0 Å². The number of carbonyl (C=O) groups excluding carboxylic acids is 1. The molecule has 0 amide bonds. The maximum Gasteiger partial charge on any atom is 0.510 e. The van der Waals surface area contributed by atoms with Crippen LogP contribution in [0, 0.1) is 0 Å². The molecule has 3 nitrogen and oxygen atoms in total. The topological polar surface area (TPSA) is 35.5 Å². The van der Waals surface area contributed by atoms with Gasteiger partial charge in [-0.15, -0.1) is 25.3 Å². The molecule has 0 unspecified atom stereocenters. The van der Waals surface area contributed by atoms with Crippen LogP contribution in [0.5, 0.6) is 0 Å². The minimum Gasteiger partial charge on any atom is -0.428 e. The third-order valence-electron chi connectivity index (χ3n) is 0.625. The summed E-state index contributed by atoms with van der Waals surface area (Å²) < 4.78 is 7.75. The Morgan fingerprint density at radius 3 is 2.38 bits per heavy atom. The molecule has 0 spiro atoms. The van der Waals surface area contributed by atoms with Crippen molar-refractivity contribution in [3.05, 3.63) is 0 Å². The monoisotopic (exact) mass is 152 g/mol. The standard InChI is InChI=1S/C3H4O3S2/c4-2-5-1-3(7,8)6-2/h7-8H,1H2. The van der Waals surface area contributed by atoms with Crippen LogP contribution in [-0.2, 0) is 9.47 Å². The average Bonchev–Trinajstić information content (AvgIpc) is 1.82. The largest absolute Gasteiger partial charge is 0.510 e. The van der Waals surface area contributed by atoms with Crippen LogP contribution >= 0.6 is 25.3 Å². The molecule has 8 heavy (non-hydrogen) atoms. The summed E-state index contributed by atoms with van der Waals surface area (Å²) in [4.78, 5) is 10.1. The molecule has 1 heterocycles. The van der Waals surface area contributed by atoms with Crippen LogP contribution in [0.1, 0.15) is 0 Å². The molecule has 0 bridgehead atoms. The molecule has 46 valence electrons. The summed E-state index contributed by atoms with van der Waals surface area (Å²) in [6.45, 7) is 0.0953. The van der Waals surface area contributed by atoms with Crippen molar-refractivity contribution in [3.8, 4) is 0 Å². The second-order valence-electron chi connectivity index (χ2n) is 1.38. The van der Waals surface area contributed by atoms with E-state index in [9.17, 15) is 4.79 Å². The van der Waals surface area contributed by atoms with Crippen molar-refractivity contribution >= 4 is 31.4 Å². The number of cyclic esters (lactones) is 2. The van der Waals surface area contributed by atoms with Gasteiger partial charge in [0.2, 0.25) is 4.27 Å². The first-order chi connectivity index (χ1) is 3.60. The first-order valence-electron chi connectivity index (χ1n) is 1.91. The van der Waals surface area contributed by atoms with Gasteiger partial charge in [-0.25, -0.2) is 4.79 Å². The van der Waals surface area contributed by atoms with Crippen LogP contribution in [0.25, 0.3) is 0 Å². The molecule has 1 aliphatic heterocycles. The van der Waals surface area contributed by atoms with Crippen LogP contribution in [0.2, 0.25) is 0 Å². The zero-order valence-electron chi connectivity index (χ0n) is 3.83. The van der Waals surface area contributed by atoms with E-state index < -0.39 is 10.4 Å². The van der Waals surface area contributed by atoms with Crippen LogP contribution in [0.15, 0.2) is 0 Å². The summed E-state index contributed by atoms with van der Waals surface area (Å²) in [5.41, 5.74) is 0. The fraction of sp³-hybridized carbons (Fsp3) is 0.667. The molecule has 0 aromatic carbocycles. The van der Waals surface area contributed by atoms with Gasteiger partial charge in [0.05, 0.1) is 0 Å². The van der Waals surface area contributed by atoms with E-state index in [2.05, 4.69) is 34.7 Å². The third kappa shape index (κ3) is 1.23. The lowest BCUT2D eigenvalue weighted by molar-refractivity contribution is 0.126. The molecule has 0 aromatic rings. The van der Waals surface area contributed by atoms with E-state index >= 15 is 0 Å². The molecular formula is C3H4O3S2. The molecule has 1 fully saturated rings. The van der Waals surface area contributed by atoms with Crippen molar-refractivity contribution in [1.82, 2.24) is 0 Å². The molecule has 0 saturated carbocycles. The number of hydrogen-bond donors (Lipinski definition) is 2. The molecule has 0 radical (unpaired) electrons. The van der Waals surface area contributed by atoms with E-state index in [-0.39, 0.29) is 6.61 Å². The summed E-state index contributed by atoms with van der Waals surface area (Å²) in [7, 11) is 0. The summed E-state index contributed by atoms with van der Waals surface area (Å²) in [5.74, 6) is 0. The smallest absolute Gasteiger partial charge is 0.428 e.